The molecule has 182 valence electrons. The minimum atomic E-state index is -1.25. The van der Waals surface area contributed by atoms with Gasteiger partial charge in [-0.15, -0.1) is 0 Å². The van der Waals surface area contributed by atoms with Gasteiger partial charge in [0.15, 0.2) is 17.6 Å². The number of aromatic nitrogens is 2. The summed E-state index contributed by atoms with van der Waals surface area (Å²) in [6.07, 6.45) is -0.524. The molecule has 1 fully saturated rings. The van der Waals surface area contributed by atoms with Gasteiger partial charge in [0.2, 0.25) is 0 Å². The van der Waals surface area contributed by atoms with Gasteiger partial charge in [0, 0.05) is 6.54 Å². The molecule has 0 amide bonds. The van der Waals surface area contributed by atoms with Gasteiger partial charge in [-0.05, 0) is 48.9 Å². The fourth-order valence-electron chi connectivity index (χ4n) is 4.25. The number of fused-ring (bicyclic) bond motifs is 1. The number of nitrogens with one attached hydrogen (secondary N) is 1. The molecule has 0 saturated carbocycles. The Bertz CT molecular complexity index is 1280. The minimum Gasteiger partial charge on any atom is -0.493 e. The molecule has 0 spiro atoms. The summed E-state index contributed by atoms with van der Waals surface area (Å²) < 4.78 is 44.7. The number of hydrogen-bond acceptors (Lipinski definition) is 6. The first-order chi connectivity index (χ1) is 16.5. The number of halogens is 2. The largest absolute Gasteiger partial charge is 0.493 e. The van der Waals surface area contributed by atoms with Gasteiger partial charge in [0.25, 0.3) is 5.56 Å². The molecule has 4 rings (SSSR count). The van der Waals surface area contributed by atoms with E-state index >= 15 is 0 Å². The maximum atomic E-state index is 13.5. The number of ether oxygens (including phenoxy) is 3. The summed E-state index contributed by atoms with van der Waals surface area (Å²) in [5.74, 6) is 1.18. The van der Waals surface area contributed by atoms with Crippen LogP contribution in [0.4, 0.5) is 8.78 Å². The Morgan fingerprint density at radius 1 is 1.06 bits per heavy atom. The zero-order valence-electron chi connectivity index (χ0n) is 19.1. The Kier molecular flexibility index (Phi) is 7.16. The molecule has 1 N–H and O–H groups in total. The van der Waals surface area contributed by atoms with Gasteiger partial charge in [-0.2, -0.15) is 0 Å². The van der Waals surface area contributed by atoms with Crippen molar-refractivity contribution in [1.29, 1.82) is 0 Å². The standard InChI is InChI=1S/C24H27F2N3O5/c1-32-21-6-3-15(9-22(21)33-2)14-28-23(30)19-10-17(34-18(11-25)12-26)4-5-20(19)29(24(28)31)16-7-8-27-13-16/h3-6,9-10,16,18,27H,7-8,11-14H2,1-2H3. The van der Waals surface area contributed by atoms with Gasteiger partial charge in [-0.1, -0.05) is 6.07 Å². The van der Waals surface area contributed by atoms with Crippen molar-refractivity contribution in [2.45, 2.75) is 25.1 Å². The van der Waals surface area contributed by atoms with Crippen molar-refractivity contribution in [3.05, 3.63) is 62.8 Å². The van der Waals surface area contributed by atoms with E-state index in [-0.39, 0.29) is 23.7 Å². The van der Waals surface area contributed by atoms with Crippen molar-refractivity contribution in [3.63, 3.8) is 0 Å². The van der Waals surface area contributed by atoms with E-state index < -0.39 is 30.7 Å². The topological polar surface area (TPSA) is 83.7 Å². The smallest absolute Gasteiger partial charge is 0.332 e. The van der Waals surface area contributed by atoms with Crippen molar-refractivity contribution >= 4 is 10.9 Å². The normalized spacial score (nSPS) is 15.7. The Morgan fingerprint density at radius 2 is 1.82 bits per heavy atom. The summed E-state index contributed by atoms with van der Waals surface area (Å²) >= 11 is 0. The number of alkyl halides is 2. The second kappa shape index (κ2) is 10.3. The summed E-state index contributed by atoms with van der Waals surface area (Å²) in [5, 5.41) is 3.48. The van der Waals surface area contributed by atoms with Crippen molar-refractivity contribution in [2.75, 3.05) is 40.7 Å². The molecule has 2 heterocycles. The third-order valence-electron chi connectivity index (χ3n) is 5.98. The Morgan fingerprint density at radius 3 is 2.47 bits per heavy atom. The molecule has 1 saturated heterocycles. The number of hydrogen-bond donors (Lipinski definition) is 1. The van der Waals surface area contributed by atoms with Crippen LogP contribution in [0, 0.1) is 0 Å². The predicted molar refractivity (Wildman–Crippen MR) is 124 cm³/mol. The lowest BCUT2D eigenvalue weighted by Gasteiger charge is -2.20. The summed E-state index contributed by atoms with van der Waals surface area (Å²) in [6, 6.07) is 9.61. The lowest BCUT2D eigenvalue weighted by atomic mass is 10.1. The van der Waals surface area contributed by atoms with Crippen LogP contribution in [0.25, 0.3) is 10.9 Å². The average Bonchev–Trinajstić information content (AvgIpc) is 3.39. The fraction of sp³-hybridized carbons (Fsp3) is 0.417. The summed E-state index contributed by atoms with van der Waals surface area (Å²) in [4.78, 5) is 27.0. The average molecular weight is 475 g/mol. The second-order valence-corrected chi connectivity index (χ2v) is 8.11. The molecular formula is C24H27F2N3O5. The second-order valence-electron chi connectivity index (χ2n) is 8.11. The zero-order valence-corrected chi connectivity index (χ0v) is 19.1. The highest BCUT2D eigenvalue weighted by atomic mass is 19.1. The Balaban J connectivity index is 1.86. The van der Waals surface area contributed by atoms with E-state index in [2.05, 4.69) is 5.32 Å². The van der Waals surface area contributed by atoms with E-state index in [1.54, 1.807) is 28.8 Å². The highest BCUT2D eigenvalue weighted by Crippen LogP contribution is 2.28. The molecule has 34 heavy (non-hydrogen) atoms. The van der Waals surface area contributed by atoms with Crippen LogP contribution >= 0.6 is 0 Å². The third kappa shape index (κ3) is 4.50. The van der Waals surface area contributed by atoms with Crippen LogP contribution in [0.5, 0.6) is 17.2 Å². The molecule has 3 aromatic rings. The van der Waals surface area contributed by atoms with Crippen LogP contribution in [-0.4, -0.2) is 55.9 Å². The molecule has 0 bridgehead atoms. The fourth-order valence-corrected chi connectivity index (χ4v) is 4.25. The molecule has 8 nitrogen and oxygen atoms in total. The first-order valence-corrected chi connectivity index (χ1v) is 11.0. The molecule has 2 aromatic carbocycles. The van der Waals surface area contributed by atoms with E-state index in [0.717, 1.165) is 17.5 Å². The van der Waals surface area contributed by atoms with E-state index in [4.69, 9.17) is 14.2 Å². The maximum absolute atomic E-state index is 13.5. The lowest BCUT2D eigenvalue weighted by Crippen LogP contribution is -2.42. The summed E-state index contributed by atoms with van der Waals surface area (Å²) in [5.41, 5.74) is 0.186. The molecule has 1 aliphatic heterocycles. The molecule has 1 aliphatic rings. The van der Waals surface area contributed by atoms with Crippen LogP contribution in [0.15, 0.2) is 46.0 Å². The van der Waals surface area contributed by atoms with Crippen LogP contribution < -0.4 is 30.8 Å². The van der Waals surface area contributed by atoms with Crippen LogP contribution in [-0.2, 0) is 6.54 Å². The molecule has 10 heteroatoms. The highest BCUT2D eigenvalue weighted by Gasteiger charge is 2.24. The SMILES string of the molecule is COc1ccc(Cn2c(=O)c3cc(OC(CF)CF)ccc3n(C3CCNC3)c2=O)cc1OC. The minimum absolute atomic E-state index is 0.0107. The molecule has 1 unspecified atom stereocenters. The van der Waals surface area contributed by atoms with Crippen molar-refractivity contribution in [3.8, 4) is 17.2 Å². The highest BCUT2D eigenvalue weighted by molar-refractivity contribution is 5.80. The molecule has 1 aromatic heterocycles. The van der Waals surface area contributed by atoms with Crippen LogP contribution in [0.2, 0.25) is 0 Å². The van der Waals surface area contributed by atoms with E-state index in [0.29, 0.717) is 29.1 Å². The first kappa shape index (κ1) is 23.7. The van der Waals surface area contributed by atoms with Gasteiger partial charge in [-0.25, -0.2) is 13.6 Å². The monoisotopic (exact) mass is 475 g/mol. The van der Waals surface area contributed by atoms with Gasteiger partial charge in [0.05, 0.1) is 37.7 Å². The van der Waals surface area contributed by atoms with Crippen molar-refractivity contribution in [2.24, 2.45) is 0 Å². The van der Waals surface area contributed by atoms with Crippen LogP contribution in [0.1, 0.15) is 18.0 Å². The number of methoxy groups -OCH3 is 2. The van der Waals surface area contributed by atoms with Gasteiger partial charge >= 0.3 is 5.69 Å². The molecular weight excluding hydrogens is 448 g/mol. The zero-order chi connectivity index (χ0) is 24.2. The van der Waals surface area contributed by atoms with E-state index in [9.17, 15) is 18.4 Å². The lowest BCUT2D eigenvalue weighted by molar-refractivity contribution is 0.134. The Labute approximate surface area is 194 Å². The third-order valence-corrected chi connectivity index (χ3v) is 5.98. The van der Waals surface area contributed by atoms with E-state index in [1.165, 1.54) is 26.4 Å². The predicted octanol–water partition coefficient (Wildman–Crippen LogP) is 2.45. The van der Waals surface area contributed by atoms with Crippen molar-refractivity contribution in [1.82, 2.24) is 14.5 Å². The summed E-state index contributed by atoms with van der Waals surface area (Å²) in [7, 11) is 3.03. The molecule has 1 atom stereocenters. The quantitative estimate of drug-likeness (QED) is 0.512. The molecule has 0 radical (unpaired) electrons. The first-order valence-electron chi connectivity index (χ1n) is 11.0. The maximum Gasteiger partial charge on any atom is 0.332 e. The van der Waals surface area contributed by atoms with Gasteiger partial charge in [-0.3, -0.25) is 13.9 Å². The van der Waals surface area contributed by atoms with Gasteiger partial charge in [0.1, 0.15) is 19.1 Å². The van der Waals surface area contributed by atoms with Crippen molar-refractivity contribution < 1.29 is 23.0 Å². The number of nitrogens with zero attached hydrogens (tertiary/aromatic N) is 2. The van der Waals surface area contributed by atoms with E-state index in [1.807, 2.05) is 0 Å². The molecule has 0 aliphatic carbocycles. The summed E-state index contributed by atoms with van der Waals surface area (Å²) in [6.45, 7) is -0.635. The van der Waals surface area contributed by atoms with Crippen LogP contribution in [0.3, 0.4) is 0 Å². The number of rotatable bonds is 9. The van der Waals surface area contributed by atoms with Gasteiger partial charge < -0.3 is 19.5 Å². The number of benzene rings is 2. The Hall–Kier alpha value is -3.40.